The third-order valence-electron chi connectivity index (χ3n) is 2.80. The van der Waals surface area contributed by atoms with E-state index in [2.05, 4.69) is 4.74 Å². The van der Waals surface area contributed by atoms with E-state index < -0.39 is 23.9 Å². The molecule has 0 spiro atoms. The van der Waals surface area contributed by atoms with E-state index in [9.17, 15) is 14.4 Å². The first-order valence-corrected chi connectivity index (χ1v) is 5.27. The molecule has 0 saturated carbocycles. The van der Waals surface area contributed by atoms with E-state index in [0.717, 1.165) is 0 Å². The highest BCUT2D eigenvalue weighted by Gasteiger charge is 2.35. The Morgan fingerprint density at radius 1 is 1.41 bits per heavy atom. The molecule has 7 heteroatoms. The highest BCUT2D eigenvalue weighted by atomic mass is 16.5. The average molecular weight is 244 g/mol. The fourth-order valence-electron chi connectivity index (χ4n) is 1.93. The van der Waals surface area contributed by atoms with Gasteiger partial charge in [0.15, 0.2) is 0 Å². The number of carboxylic acid groups (broad SMARTS) is 1. The summed E-state index contributed by atoms with van der Waals surface area (Å²) in [6.45, 7) is 2.69. The summed E-state index contributed by atoms with van der Waals surface area (Å²) >= 11 is 0. The molecule has 1 fully saturated rings. The number of ether oxygens (including phenoxy) is 1. The lowest BCUT2D eigenvalue weighted by Gasteiger charge is -2.13. The van der Waals surface area contributed by atoms with Crippen LogP contribution in [0.3, 0.4) is 0 Å². The molecule has 0 radical (unpaired) electrons. The molecule has 7 nitrogen and oxygen atoms in total. The van der Waals surface area contributed by atoms with Gasteiger partial charge in [0.05, 0.1) is 19.6 Å². The van der Waals surface area contributed by atoms with Gasteiger partial charge < -0.3 is 9.84 Å². The minimum Gasteiger partial charge on any atom is -0.481 e. The quantitative estimate of drug-likeness (QED) is 0.696. The number of carbonyl (C=O) groups excluding carboxylic acids is 2. The van der Waals surface area contributed by atoms with Gasteiger partial charge in [-0.15, -0.1) is 0 Å². The van der Waals surface area contributed by atoms with Crippen molar-refractivity contribution in [3.05, 3.63) is 0 Å². The van der Waals surface area contributed by atoms with Crippen LogP contribution in [0.4, 0.5) is 4.79 Å². The Hall–Kier alpha value is -1.63. The minimum absolute atomic E-state index is 0.00146. The van der Waals surface area contributed by atoms with Gasteiger partial charge in [-0.2, -0.15) is 0 Å². The smallest absolute Gasteiger partial charge is 0.413 e. The topological polar surface area (TPSA) is 95.9 Å². The fraction of sp³-hybridized carbons (Fsp3) is 0.700. The molecule has 1 rings (SSSR count). The minimum atomic E-state index is -0.853. The predicted molar refractivity (Wildman–Crippen MR) is 57.3 cm³/mol. The lowest BCUT2D eigenvalue weighted by Crippen LogP contribution is -2.39. The second-order valence-corrected chi connectivity index (χ2v) is 4.16. The maximum atomic E-state index is 11.4. The second kappa shape index (κ2) is 5.62. The molecule has 1 heterocycles. The highest BCUT2D eigenvalue weighted by molar-refractivity contribution is 5.92. The molecule has 17 heavy (non-hydrogen) atoms. The van der Waals surface area contributed by atoms with E-state index in [4.69, 9.17) is 5.11 Å². The van der Waals surface area contributed by atoms with Crippen molar-refractivity contribution in [3.8, 4) is 0 Å². The van der Waals surface area contributed by atoms with Crippen molar-refractivity contribution in [1.82, 2.24) is 10.2 Å². The lowest BCUT2D eigenvalue weighted by atomic mass is 9.99. The molecular weight excluding hydrogens is 228 g/mol. The van der Waals surface area contributed by atoms with Crippen LogP contribution >= 0.6 is 0 Å². The summed E-state index contributed by atoms with van der Waals surface area (Å²) in [4.78, 5) is 34.7. The van der Waals surface area contributed by atoms with Crippen LogP contribution < -0.4 is 5.32 Å². The molecule has 0 aromatic rings. The first-order valence-electron chi connectivity index (χ1n) is 5.27. The van der Waals surface area contributed by atoms with Crippen LogP contribution in [-0.4, -0.2) is 54.7 Å². The molecule has 2 amide bonds. The number of nitrogens with zero attached hydrogens (tertiary/aromatic N) is 1. The standard InChI is InChI=1S/C10H16N2O5/c1-6-3-12(4-7(6)9(14)15)5-8(13)11-10(16)17-2/h6-7H,3-5H2,1-2H3,(H,14,15)(H,11,13,16). The summed E-state index contributed by atoms with van der Waals surface area (Å²) in [5.41, 5.74) is 0. The Kier molecular flexibility index (Phi) is 4.45. The van der Waals surface area contributed by atoms with Gasteiger partial charge in [0, 0.05) is 13.1 Å². The molecular formula is C10H16N2O5. The molecule has 1 aliphatic heterocycles. The van der Waals surface area contributed by atoms with Crippen LogP contribution in [0.2, 0.25) is 0 Å². The first-order chi connectivity index (χ1) is 7.93. The maximum Gasteiger partial charge on any atom is 0.413 e. The van der Waals surface area contributed by atoms with E-state index in [1.165, 1.54) is 7.11 Å². The zero-order chi connectivity index (χ0) is 13.0. The molecule has 2 unspecified atom stereocenters. The van der Waals surface area contributed by atoms with Crippen molar-refractivity contribution < 1.29 is 24.2 Å². The Bertz CT molecular complexity index is 331. The van der Waals surface area contributed by atoms with Gasteiger partial charge in [0.1, 0.15) is 0 Å². The third-order valence-corrected chi connectivity index (χ3v) is 2.80. The van der Waals surface area contributed by atoms with Gasteiger partial charge in [-0.1, -0.05) is 6.92 Å². The molecule has 0 bridgehead atoms. The number of nitrogens with one attached hydrogen (secondary N) is 1. The predicted octanol–water partition coefficient (Wildman–Crippen LogP) is -0.478. The maximum absolute atomic E-state index is 11.4. The number of hydrogen-bond acceptors (Lipinski definition) is 5. The number of aliphatic carboxylic acids is 1. The van der Waals surface area contributed by atoms with Crippen LogP contribution in [0, 0.1) is 11.8 Å². The summed E-state index contributed by atoms with van der Waals surface area (Å²) in [6, 6.07) is 0. The zero-order valence-electron chi connectivity index (χ0n) is 9.80. The Morgan fingerprint density at radius 2 is 2.06 bits per heavy atom. The number of carbonyl (C=O) groups is 3. The van der Waals surface area contributed by atoms with E-state index in [1.54, 1.807) is 4.90 Å². The van der Waals surface area contributed by atoms with Crippen molar-refractivity contribution in [2.45, 2.75) is 6.92 Å². The van der Waals surface area contributed by atoms with Crippen molar-refractivity contribution in [1.29, 1.82) is 0 Å². The SMILES string of the molecule is COC(=O)NC(=O)CN1CC(C)C(C(=O)O)C1. The van der Waals surface area contributed by atoms with E-state index >= 15 is 0 Å². The molecule has 2 atom stereocenters. The van der Waals surface area contributed by atoms with Crippen LogP contribution in [-0.2, 0) is 14.3 Å². The molecule has 0 aromatic heterocycles. The largest absolute Gasteiger partial charge is 0.481 e. The summed E-state index contributed by atoms with van der Waals surface area (Å²) in [5, 5.41) is 10.9. The molecule has 2 N–H and O–H groups in total. The summed E-state index contributed by atoms with van der Waals surface area (Å²) in [7, 11) is 1.17. The molecule has 96 valence electrons. The summed E-state index contributed by atoms with van der Waals surface area (Å²) in [6.07, 6.45) is -0.808. The average Bonchev–Trinajstić information content (AvgIpc) is 2.59. The van der Waals surface area contributed by atoms with Gasteiger partial charge in [-0.3, -0.25) is 19.8 Å². The zero-order valence-corrected chi connectivity index (χ0v) is 9.80. The van der Waals surface area contributed by atoms with Crippen molar-refractivity contribution in [2.75, 3.05) is 26.7 Å². The number of hydrogen-bond donors (Lipinski definition) is 2. The van der Waals surface area contributed by atoms with Crippen LogP contribution in [0.15, 0.2) is 0 Å². The number of amides is 2. The van der Waals surface area contributed by atoms with E-state index in [0.29, 0.717) is 13.1 Å². The number of methoxy groups -OCH3 is 1. The third kappa shape index (κ3) is 3.70. The summed E-state index contributed by atoms with van der Waals surface area (Å²) < 4.78 is 4.28. The van der Waals surface area contributed by atoms with Crippen LogP contribution in [0.25, 0.3) is 0 Å². The Balaban J connectivity index is 2.42. The van der Waals surface area contributed by atoms with Crippen LogP contribution in [0.1, 0.15) is 6.92 Å². The van der Waals surface area contributed by atoms with Crippen LogP contribution in [0.5, 0.6) is 0 Å². The van der Waals surface area contributed by atoms with E-state index in [1.807, 2.05) is 12.2 Å². The monoisotopic (exact) mass is 244 g/mol. The number of carboxylic acids is 1. The second-order valence-electron chi connectivity index (χ2n) is 4.16. The highest BCUT2D eigenvalue weighted by Crippen LogP contribution is 2.22. The fourth-order valence-corrected chi connectivity index (χ4v) is 1.93. The lowest BCUT2D eigenvalue weighted by molar-refractivity contribution is -0.142. The van der Waals surface area contributed by atoms with Gasteiger partial charge in [-0.25, -0.2) is 4.79 Å². The normalized spacial score (nSPS) is 24.4. The number of imide groups is 1. The Labute approximate surface area is 98.7 Å². The van der Waals surface area contributed by atoms with E-state index in [-0.39, 0.29) is 12.5 Å². The van der Waals surface area contributed by atoms with Crippen molar-refractivity contribution in [2.24, 2.45) is 11.8 Å². The first kappa shape index (κ1) is 13.4. The van der Waals surface area contributed by atoms with Gasteiger partial charge in [-0.05, 0) is 5.92 Å². The summed E-state index contributed by atoms with van der Waals surface area (Å²) in [5.74, 6) is -1.80. The Morgan fingerprint density at radius 3 is 2.53 bits per heavy atom. The van der Waals surface area contributed by atoms with Gasteiger partial charge in [0.2, 0.25) is 5.91 Å². The van der Waals surface area contributed by atoms with Gasteiger partial charge in [0.25, 0.3) is 0 Å². The number of alkyl carbamates (subject to hydrolysis) is 1. The molecule has 0 aliphatic carbocycles. The van der Waals surface area contributed by atoms with Crippen molar-refractivity contribution in [3.63, 3.8) is 0 Å². The molecule has 0 aromatic carbocycles. The van der Waals surface area contributed by atoms with Crippen molar-refractivity contribution >= 4 is 18.0 Å². The molecule has 1 aliphatic rings. The number of likely N-dealkylation sites (tertiary alicyclic amines) is 1. The number of rotatable bonds is 3. The molecule has 1 saturated heterocycles. The van der Waals surface area contributed by atoms with Gasteiger partial charge >= 0.3 is 12.1 Å².